The van der Waals surface area contributed by atoms with Crippen LogP contribution in [-0.2, 0) is 0 Å². The number of benzene rings is 1. The zero-order valence-corrected chi connectivity index (χ0v) is 7.40. The highest BCUT2D eigenvalue weighted by molar-refractivity contribution is 5.17. The maximum absolute atomic E-state index is 9.73. The van der Waals surface area contributed by atoms with Gasteiger partial charge in [0.25, 0.3) is 0 Å². The zero-order valence-electron chi connectivity index (χ0n) is 7.40. The van der Waals surface area contributed by atoms with Crippen LogP contribution >= 0.6 is 0 Å². The lowest BCUT2D eigenvalue weighted by Crippen LogP contribution is -2.63. The molecule has 1 aromatic carbocycles. The van der Waals surface area contributed by atoms with Crippen LogP contribution in [0.4, 0.5) is 0 Å². The molecule has 0 saturated carbocycles. The fourth-order valence-corrected chi connectivity index (χ4v) is 1.15. The molecule has 0 amide bonds. The van der Waals surface area contributed by atoms with Crippen LogP contribution in [0.5, 0.6) is 0 Å². The number of hydrogen-bond acceptors (Lipinski definition) is 1. The van der Waals surface area contributed by atoms with Gasteiger partial charge in [0.2, 0.25) is 0 Å². The molecule has 66 valence electrons. The lowest BCUT2D eigenvalue weighted by molar-refractivity contribution is -0.439. The first-order chi connectivity index (χ1) is 5.75. The lowest BCUT2D eigenvalue weighted by Gasteiger charge is -2.13. The molecule has 4 N–H and O–H groups in total. The Balaban J connectivity index is 2.71. The third-order valence-corrected chi connectivity index (χ3v) is 2.11. The molecule has 0 bridgehead atoms. The van der Waals surface area contributed by atoms with Crippen LogP contribution in [0.1, 0.15) is 25.0 Å². The molecule has 12 heavy (non-hydrogen) atoms. The van der Waals surface area contributed by atoms with E-state index >= 15 is 0 Å². The Hall–Kier alpha value is -0.860. The van der Waals surface area contributed by atoms with Gasteiger partial charge in [-0.2, -0.15) is 0 Å². The summed E-state index contributed by atoms with van der Waals surface area (Å²) in [6, 6.07) is 9.76. The van der Waals surface area contributed by atoms with Crippen molar-refractivity contribution in [3.63, 3.8) is 0 Å². The molecule has 0 aliphatic rings. The van der Waals surface area contributed by atoms with E-state index in [1.807, 2.05) is 37.3 Å². The van der Waals surface area contributed by atoms with E-state index in [2.05, 4.69) is 5.73 Å². The molecule has 2 atom stereocenters. The third-order valence-electron chi connectivity index (χ3n) is 2.11. The molecule has 0 aromatic heterocycles. The molecule has 1 aromatic rings. The average molecular weight is 166 g/mol. The Kier molecular flexibility index (Phi) is 3.26. The quantitative estimate of drug-likeness (QED) is 0.683. The van der Waals surface area contributed by atoms with Gasteiger partial charge in [0.1, 0.15) is 12.1 Å². The predicted octanol–water partition coefficient (Wildman–Crippen LogP) is 0.740. The average Bonchev–Trinajstić information content (AvgIpc) is 2.17. The first-order valence-electron chi connectivity index (χ1n) is 4.31. The summed E-state index contributed by atoms with van der Waals surface area (Å²) in [5.74, 6) is 0. The second-order valence-electron chi connectivity index (χ2n) is 3.02. The van der Waals surface area contributed by atoms with E-state index in [9.17, 15) is 5.11 Å². The van der Waals surface area contributed by atoms with E-state index in [0.717, 1.165) is 12.0 Å². The van der Waals surface area contributed by atoms with Crippen molar-refractivity contribution < 1.29 is 10.8 Å². The summed E-state index contributed by atoms with van der Waals surface area (Å²) in [6.07, 6.45) is 0.479. The van der Waals surface area contributed by atoms with Gasteiger partial charge < -0.3 is 10.8 Å². The van der Waals surface area contributed by atoms with E-state index in [-0.39, 0.29) is 6.04 Å². The normalized spacial score (nSPS) is 15.6. The molecule has 0 saturated heterocycles. The van der Waals surface area contributed by atoms with Crippen molar-refractivity contribution in [3.05, 3.63) is 35.9 Å². The summed E-state index contributed by atoms with van der Waals surface area (Å²) in [6.45, 7) is 2.03. The Morgan fingerprint density at radius 1 is 1.33 bits per heavy atom. The molecule has 1 rings (SSSR count). The molecule has 0 spiro atoms. The highest BCUT2D eigenvalue weighted by atomic mass is 16.3. The van der Waals surface area contributed by atoms with Crippen LogP contribution in [0.25, 0.3) is 0 Å². The molecule has 0 radical (unpaired) electrons. The highest BCUT2D eigenvalue weighted by Gasteiger charge is 2.17. The van der Waals surface area contributed by atoms with Crippen molar-refractivity contribution in [3.8, 4) is 0 Å². The Morgan fingerprint density at radius 2 is 1.92 bits per heavy atom. The minimum atomic E-state index is -0.420. The molecule has 0 heterocycles. The number of rotatable bonds is 3. The predicted molar refractivity (Wildman–Crippen MR) is 48.4 cm³/mol. The lowest BCUT2D eigenvalue weighted by atomic mass is 10.0. The first-order valence-corrected chi connectivity index (χ1v) is 4.31. The smallest absolute Gasteiger partial charge is 0.130 e. The van der Waals surface area contributed by atoms with Gasteiger partial charge in [-0.25, -0.2) is 0 Å². The van der Waals surface area contributed by atoms with E-state index in [0.29, 0.717) is 0 Å². The zero-order chi connectivity index (χ0) is 8.97. The summed E-state index contributed by atoms with van der Waals surface area (Å²) in [7, 11) is 0. The molecular weight excluding hydrogens is 150 g/mol. The summed E-state index contributed by atoms with van der Waals surface area (Å²) < 4.78 is 0. The van der Waals surface area contributed by atoms with Gasteiger partial charge in [-0.1, -0.05) is 37.3 Å². The van der Waals surface area contributed by atoms with Gasteiger partial charge in [-0.15, -0.1) is 0 Å². The minimum absolute atomic E-state index is 0.0902. The van der Waals surface area contributed by atoms with Crippen LogP contribution in [0.2, 0.25) is 0 Å². The highest BCUT2D eigenvalue weighted by Crippen LogP contribution is 2.15. The molecule has 0 unspecified atom stereocenters. The largest absolute Gasteiger partial charge is 0.382 e. The minimum Gasteiger partial charge on any atom is -0.382 e. The number of aliphatic hydroxyl groups is 1. The van der Waals surface area contributed by atoms with Crippen LogP contribution in [0.15, 0.2) is 30.3 Å². The second kappa shape index (κ2) is 4.24. The van der Waals surface area contributed by atoms with Crippen molar-refractivity contribution in [1.82, 2.24) is 0 Å². The van der Waals surface area contributed by atoms with E-state index < -0.39 is 6.10 Å². The molecule has 0 aliphatic carbocycles. The summed E-state index contributed by atoms with van der Waals surface area (Å²) in [4.78, 5) is 0. The topological polar surface area (TPSA) is 47.9 Å². The Morgan fingerprint density at radius 3 is 2.42 bits per heavy atom. The fourth-order valence-electron chi connectivity index (χ4n) is 1.15. The van der Waals surface area contributed by atoms with Crippen molar-refractivity contribution in [2.24, 2.45) is 0 Å². The van der Waals surface area contributed by atoms with Crippen LogP contribution < -0.4 is 5.73 Å². The first kappa shape index (κ1) is 9.23. The molecule has 2 heteroatoms. The maximum Gasteiger partial charge on any atom is 0.130 e. The van der Waals surface area contributed by atoms with Crippen molar-refractivity contribution in [1.29, 1.82) is 0 Å². The number of quaternary nitrogens is 1. The standard InChI is InChI=1S/C10H15NO/c1-2-9(11)10(12)8-6-4-3-5-7-8/h3-7,9-10,12H,2,11H2,1H3/p+1/t9-,10+/m0/s1. The van der Waals surface area contributed by atoms with Gasteiger partial charge in [-0.05, 0) is 12.0 Å². The van der Waals surface area contributed by atoms with Gasteiger partial charge in [0.05, 0.1) is 0 Å². The van der Waals surface area contributed by atoms with E-state index in [4.69, 9.17) is 0 Å². The van der Waals surface area contributed by atoms with E-state index in [1.165, 1.54) is 0 Å². The molecule has 2 nitrogen and oxygen atoms in total. The Labute approximate surface area is 73.0 Å². The maximum atomic E-state index is 9.73. The monoisotopic (exact) mass is 166 g/mol. The fraction of sp³-hybridized carbons (Fsp3) is 0.400. The van der Waals surface area contributed by atoms with Gasteiger partial charge >= 0.3 is 0 Å². The van der Waals surface area contributed by atoms with Crippen molar-refractivity contribution in [2.75, 3.05) is 0 Å². The molecule has 0 aliphatic heterocycles. The van der Waals surface area contributed by atoms with Gasteiger partial charge in [-0.3, -0.25) is 0 Å². The van der Waals surface area contributed by atoms with Crippen molar-refractivity contribution in [2.45, 2.75) is 25.5 Å². The number of aliphatic hydroxyl groups excluding tert-OH is 1. The summed E-state index contributed by atoms with van der Waals surface area (Å²) >= 11 is 0. The third kappa shape index (κ3) is 2.06. The second-order valence-corrected chi connectivity index (χ2v) is 3.02. The van der Waals surface area contributed by atoms with Crippen molar-refractivity contribution >= 4 is 0 Å². The van der Waals surface area contributed by atoms with Gasteiger partial charge in [0, 0.05) is 0 Å². The summed E-state index contributed by atoms with van der Waals surface area (Å²) in [5, 5.41) is 9.73. The Bertz CT molecular complexity index is 223. The molecular formula is C10H16NO+. The van der Waals surface area contributed by atoms with Gasteiger partial charge in [0.15, 0.2) is 0 Å². The van der Waals surface area contributed by atoms with E-state index in [1.54, 1.807) is 0 Å². The van der Waals surface area contributed by atoms with Crippen LogP contribution in [0, 0.1) is 0 Å². The molecule has 0 fully saturated rings. The van der Waals surface area contributed by atoms with Crippen LogP contribution in [0.3, 0.4) is 0 Å². The van der Waals surface area contributed by atoms with Crippen LogP contribution in [-0.4, -0.2) is 11.1 Å². The number of hydrogen-bond donors (Lipinski definition) is 2. The SMILES string of the molecule is CC[C@H]([NH3+])[C@H](O)c1ccccc1. The summed E-state index contributed by atoms with van der Waals surface area (Å²) in [5.41, 5.74) is 4.84.